The second-order valence-corrected chi connectivity index (χ2v) is 10.4. The van der Waals surface area contributed by atoms with E-state index in [4.69, 9.17) is 9.29 Å². The van der Waals surface area contributed by atoms with Crippen molar-refractivity contribution in [1.82, 2.24) is 0 Å². The van der Waals surface area contributed by atoms with Gasteiger partial charge >= 0.3 is 5.97 Å². The van der Waals surface area contributed by atoms with Gasteiger partial charge in [-0.15, -0.1) is 0 Å². The minimum Gasteiger partial charge on any atom is -0.461 e. The first kappa shape index (κ1) is 26.0. The molecule has 3 aromatic rings. The summed E-state index contributed by atoms with van der Waals surface area (Å²) in [5.41, 5.74) is -0.150. The van der Waals surface area contributed by atoms with Crippen LogP contribution in [0.25, 0.3) is 10.8 Å². The number of anilines is 1. The third-order valence-electron chi connectivity index (χ3n) is 5.19. The van der Waals surface area contributed by atoms with Crippen LogP contribution in [0.2, 0.25) is 0 Å². The third kappa shape index (κ3) is 5.24. The summed E-state index contributed by atoms with van der Waals surface area (Å²) >= 11 is 0. The second kappa shape index (κ2) is 9.78. The molecule has 0 unspecified atom stereocenters. The minimum atomic E-state index is -4.53. The van der Waals surface area contributed by atoms with Crippen molar-refractivity contribution in [3.05, 3.63) is 60.7 Å². The summed E-state index contributed by atoms with van der Waals surface area (Å²) in [6, 6.07) is 11.6. The molecular weight excluding hydrogens is 528 g/mol. The number of esters is 1. The number of carbonyl (C=O) groups excluding carboxylic acids is 2. The molecule has 0 bridgehead atoms. The summed E-state index contributed by atoms with van der Waals surface area (Å²) in [7, 11) is -9.00. The van der Waals surface area contributed by atoms with E-state index in [1.165, 1.54) is 30.3 Å². The maximum Gasteiger partial charge on any atom is 0.357 e. The van der Waals surface area contributed by atoms with E-state index in [1.54, 1.807) is 19.1 Å². The summed E-state index contributed by atoms with van der Waals surface area (Å²) in [5.74, 6) is -1.73. The number of hydrazone groups is 1. The standard InChI is InChI=1S/C22H18N4O9S2/c1-2-35-22(28)20-19(21(27)26(25-20)13-7-9-14(10-8-13)36(29,30)31)24-23-17-11-12-18(37(32,33)34)16-6-4-3-5-15(16)17/h3-12,19H,2H2,1H3,(H,29,30,31)(H,32,33,34)/t19-/m0/s1. The van der Waals surface area contributed by atoms with Crippen molar-refractivity contribution in [3.8, 4) is 0 Å². The summed E-state index contributed by atoms with van der Waals surface area (Å²) < 4.78 is 69.7. The van der Waals surface area contributed by atoms with Gasteiger partial charge < -0.3 is 4.74 Å². The van der Waals surface area contributed by atoms with Gasteiger partial charge in [0.2, 0.25) is 6.04 Å². The highest BCUT2D eigenvalue weighted by atomic mass is 32.2. The first-order chi connectivity index (χ1) is 17.4. The Morgan fingerprint density at radius 3 is 2.22 bits per heavy atom. The van der Waals surface area contributed by atoms with Gasteiger partial charge in [-0.05, 0) is 43.3 Å². The Kier molecular flexibility index (Phi) is 6.88. The number of ether oxygens (including phenoxy) is 1. The van der Waals surface area contributed by atoms with Crippen LogP contribution >= 0.6 is 0 Å². The normalized spacial score (nSPS) is 16.4. The number of carbonyl (C=O) groups is 2. The van der Waals surface area contributed by atoms with Gasteiger partial charge in [-0.2, -0.15) is 37.2 Å². The molecule has 1 amide bonds. The van der Waals surface area contributed by atoms with E-state index in [-0.39, 0.29) is 34.0 Å². The Morgan fingerprint density at radius 2 is 1.62 bits per heavy atom. The molecule has 15 heteroatoms. The number of rotatable bonds is 7. The largest absolute Gasteiger partial charge is 0.461 e. The third-order valence-corrected chi connectivity index (χ3v) is 6.97. The number of azo groups is 1. The summed E-state index contributed by atoms with van der Waals surface area (Å²) in [4.78, 5) is 24.9. The Labute approximate surface area is 210 Å². The molecule has 0 spiro atoms. The topological polar surface area (TPSA) is 192 Å². The number of amides is 1. The molecule has 3 aromatic carbocycles. The van der Waals surface area contributed by atoms with Gasteiger partial charge in [-0.3, -0.25) is 13.9 Å². The van der Waals surface area contributed by atoms with Crippen LogP contribution in [0, 0.1) is 0 Å². The van der Waals surface area contributed by atoms with Gasteiger partial charge in [0.15, 0.2) is 5.71 Å². The molecule has 1 aliphatic rings. The van der Waals surface area contributed by atoms with Crippen molar-refractivity contribution in [2.24, 2.45) is 15.3 Å². The summed E-state index contributed by atoms with van der Waals surface area (Å²) in [6.45, 7) is 1.54. The SMILES string of the molecule is CCOC(=O)C1=NN(c2ccc(S(=O)(=O)O)cc2)C(=O)[C@H]1N=Nc1ccc(S(=O)(=O)O)c2ccccc12. The van der Waals surface area contributed by atoms with Crippen LogP contribution < -0.4 is 5.01 Å². The maximum atomic E-state index is 13.1. The lowest BCUT2D eigenvalue weighted by molar-refractivity contribution is -0.135. The van der Waals surface area contributed by atoms with Gasteiger partial charge in [0.1, 0.15) is 4.90 Å². The van der Waals surface area contributed by atoms with Crippen LogP contribution in [0.1, 0.15) is 6.92 Å². The number of benzene rings is 3. The molecule has 0 aromatic heterocycles. The van der Waals surface area contributed by atoms with E-state index in [0.29, 0.717) is 5.39 Å². The Morgan fingerprint density at radius 1 is 0.973 bits per heavy atom. The van der Waals surface area contributed by atoms with E-state index in [0.717, 1.165) is 23.2 Å². The van der Waals surface area contributed by atoms with Crippen molar-refractivity contribution < 1.29 is 40.3 Å². The van der Waals surface area contributed by atoms with Crippen LogP contribution in [0.3, 0.4) is 0 Å². The Bertz CT molecular complexity index is 1680. The smallest absolute Gasteiger partial charge is 0.357 e. The van der Waals surface area contributed by atoms with Gasteiger partial charge in [0.25, 0.3) is 26.1 Å². The molecule has 0 aliphatic carbocycles. The highest BCUT2D eigenvalue weighted by molar-refractivity contribution is 7.86. The Balaban J connectivity index is 1.74. The molecule has 37 heavy (non-hydrogen) atoms. The van der Waals surface area contributed by atoms with Gasteiger partial charge in [0.05, 0.1) is 22.9 Å². The van der Waals surface area contributed by atoms with Crippen molar-refractivity contribution in [2.75, 3.05) is 11.6 Å². The number of hydrogen-bond acceptors (Lipinski definition) is 10. The molecular formula is C22H18N4O9S2. The van der Waals surface area contributed by atoms with E-state index in [2.05, 4.69) is 15.3 Å². The zero-order valence-corrected chi connectivity index (χ0v) is 20.5. The molecule has 192 valence electrons. The van der Waals surface area contributed by atoms with E-state index >= 15 is 0 Å². The molecule has 2 N–H and O–H groups in total. The lowest BCUT2D eigenvalue weighted by atomic mass is 10.1. The van der Waals surface area contributed by atoms with E-state index in [1.807, 2.05) is 0 Å². The van der Waals surface area contributed by atoms with Crippen molar-refractivity contribution in [2.45, 2.75) is 22.8 Å². The van der Waals surface area contributed by atoms with Crippen LogP contribution in [0.5, 0.6) is 0 Å². The number of nitrogens with zero attached hydrogens (tertiary/aromatic N) is 4. The summed E-state index contributed by atoms with van der Waals surface area (Å²) in [5, 5.41) is 13.3. The molecule has 0 saturated carbocycles. The van der Waals surface area contributed by atoms with Crippen molar-refractivity contribution >= 4 is 60.0 Å². The molecule has 1 heterocycles. The molecule has 4 rings (SSSR count). The first-order valence-electron chi connectivity index (χ1n) is 10.5. The number of fused-ring (bicyclic) bond motifs is 1. The predicted octanol–water partition coefficient (Wildman–Crippen LogP) is 2.75. The average Bonchev–Trinajstić information content (AvgIpc) is 3.17. The van der Waals surface area contributed by atoms with E-state index < -0.39 is 43.1 Å². The lowest BCUT2D eigenvalue weighted by Crippen LogP contribution is -2.33. The van der Waals surface area contributed by atoms with Crippen LogP contribution in [-0.2, 0) is 34.6 Å². The molecule has 0 fully saturated rings. The van der Waals surface area contributed by atoms with Crippen molar-refractivity contribution in [1.29, 1.82) is 0 Å². The lowest BCUT2D eigenvalue weighted by Gasteiger charge is -2.12. The van der Waals surface area contributed by atoms with Crippen LogP contribution in [0.15, 0.2) is 85.8 Å². The minimum absolute atomic E-state index is 0.0132. The molecule has 0 radical (unpaired) electrons. The van der Waals surface area contributed by atoms with Crippen LogP contribution in [-0.4, -0.2) is 56.2 Å². The number of hydrogen-bond donors (Lipinski definition) is 2. The van der Waals surface area contributed by atoms with E-state index in [9.17, 15) is 31.0 Å². The average molecular weight is 547 g/mol. The molecule has 1 aliphatic heterocycles. The quantitative estimate of drug-likeness (QED) is 0.255. The maximum absolute atomic E-state index is 13.1. The van der Waals surface area contributed by atoms with Gasteiger partial charge in [0, 0.05) is 10.8 Å². The predicted molar refractivity (Wildman–Crippen MR) is 130 cm³/mol. The van der Waals surface area contributed by atoms with Gasteiger partial charge in [-0.1, -0.05) is 24.3 Å². The fraction of sp³-hybridized carbons (Fsp3) is 0.136. The van der Waals surface area contributed by atoms with Crippen LogP contribution in [0.4, 0.5) is 11.4 Å². The second-order valence-electron chi connectivity index (χ2n) is 7.55. The molecule has 1 atom stereocenters. The highest BCUT2D eigenvalue weighted by Gasteiger charge is 2.42. The zero-order valence-electron chi connectivity index (χ0n) is 18.9. The Hall–Kier alpha value is -4.05. The molecule has 13 nitrogen and oxygen atoms in total. The van der Waals surface area contributed by atoms with Gasteiger partial charge in [-0.25, -0.2) is 4.79 Å². The summed E-state index contributed by atoms with van der Waals surface area (Å²) in [6.07, 6.45) is 0. The monoisotopic (exact) mass is 546 g/mol. The first-order valence-corrected chi connectivity index (χ1v) is 13.4. The highest BCUT2D eigenvalue weighted by Crippen LogP contribution is 2.32. The molecule has 0 saturated heterocycles. The fourth-order valence-electron chi connectivity index (χ4n) is 3.54. The fourth-order valence-corrected chi connectivity index (χ4v) is 4.71. The van der Waals surface area contributed by atoms with Crippen molar-refractivity contribution in [3.63, 3.8) is 0 Å². The zero-order chi connectivity index (χ0) is 27.0.